The lowest BCUT2D eigenvalue weighted by Crippen LogP contribution is -2.29. The number of fused-ring (bicyclic) bond motifs is 2. The first-order valence-electron chi connectivity index (χ1n) is 5.10. The Bertz CT molecular complexity index is 195. The van der Waals surface area contributed by atoms with Gasteiger partial charge in [-0.25, -0.2) is 0 Å². The fourth-order valence-electron chi connectivity index (χ4n) is 3.24. The van der Waals surface area contributed by atoms with Gasteiger partial charge in [-0.15, -0.1) is 0 Å². The molecule has 68 valence electrons. The van der Waals surface area contributed by atoms with Crippen LogP contribution in [0.4, 0.5) is 0 Å². The van der Waals surface area contributed by atoms with E-state index in [2.05, 4.69) is 13.8 Å². The van der Waals surface area contributed by atoms with Crippen molar-refractivity contribution >= 4 is 6.29 Å². The summed E-state index contributed by atoms with van der Waals surface area (Å²) in [4.78, 5) is 10.9. The van der Waals surface area contributed by atoms with Crippen molar-refractivity contribution in [1.82, 2.24) is 0 Å². The van der Waals surface area contributed by atoms with Crippen molar-refractivity contribution in [1.29, 1.82) is 0 Å². The molecule has 0 spiro atoms. The molecule has 0 aromatic heterocycles. The number of rotatable bonds is 2. The van der Waals surface area contributed by atoms with E-state index in [4.69, 9.17) is 0 Å². The number of aldehydes is 1. The van der Waals surface area contributed by atoms with Crippen LogP contribution in [0.25, 0.3) is 0 Å². The first-order valence-corrected chi connectivity index (χ1v) is 5.10. The molecule has 0 aromatic carbocycles. The van der Waals surface area contributed by atoms with Gasteiger partial charge in [0.2, 0.25) is 0 Å². The Labute approximate surface area is 74.5 Å². The summed E-state index contributed by atoms with van der Waals surface area (Å²) in [5.41, 5.74) is -0.0557. The van der Waals surface area contributed by atoms with Crippen molar-refractivity contribution in [2.24, 2.45) is 23.2 Å². The van der Waals surface area contributed by atoms with Gasteiger partial charge in [0.25, 0.3) is 0 Å². The lowest BCUT2D eigenvalue weighted by atomic mass is 9.71. The SMILES string of the molecule is CC(C)(C=O)C1CC2CCC1C2. The topological polar surface area (TPSA) is 17.1 Å². The molecular weight excluding hydrogens is 148 g/mol. The van der Waals surface area contributed by atoms with E-state index in [1.165, 1.54) is 32.0 Å². The Morgan fingerprint density at radius 2 is 2.00 bits per heavy atom. The number of carbonyl (C=O) groups excluding carboxylic acids is 1. The van der Waals surface area contributed by atoms with E-state index in [1.807, 2.05) is 0 Å². The van der Waals surface area contributed by atoms with Crippen molar-refractivity contribution in [3.05, 3.63) is 0 Å². The summed E-state index contributed by atoms with van der Waals surface area (Å²) in [5.74, 6) is 2.52. The fraction of sp³-hybridized carbons (Fsp3) is 0.909. The van der Waals surface area contributed by atoms with Gasteiger partial charge in [0.05, 0.1) is 0 Å². The number of carbonyl (C=O) groups is 1. The van der Waals surface area contributed by atoms with Gasteiger partial charge < -0.3 is 4.79 Å². The van der Waals surface area contributed by atoms with E-state index in [9.17, 15) is 4.79 Å². The van der Waals surface area contributed by atoms with Crippen molar-refractivity contribution in [3.63, 3.8) is 0 Å². The monoisotopic (exact) mass is 166 g/mol. The molecule has 3 unspecified atom stereocenters. The Morgan fingerprint density at radius 3 is 2.42 bits per heavy atom. The zero-order valence-corrected chi connectivity index (χ0v) is 8.05. The van der Waals surface area contributed by atoms with Crippen LogP contribution < -0.4 is 0 Å². The molecule has 0 heterocycles. The first kappa shape index (κ1) is 8.28. The Hall–Kier alpha value is -0.330. The molecule has 0 N–H and O–H groups in total. The van der Waals surface area contributed by atoms with Crippen LogP contribution in [0.5, 0.6) is 0 Å². The van der Waals surface area contributed by atoms with Gasteiger partial charge in [0.1, 0.15) is 6.29 Å². The summed E-state index contributed by atoms with van der Waals surface area (Å²) in [5, 5.41) is 0. The van der Waals surface area contributed by atoms with E-state index < -0.39 is 0 Å². The third kappa shape index (κ3) is 1.10. The highest BCUT2D eigenvalue weighted by Crippen LogP contribution is 2.53. The Balaban J connectivity index is 2.11. The van der Waals surface area contributed by atoms with Crippen molar-refractivity contribution in [3.8, 4) is 0 Å². The van der Waals surface area contributed by atoms with Crippen LogP contribution in [0, 0.1) is 23.2 Å². The quantitative estimate of drug-likeness (QED) is 0.576. The van der Waals surface area contributed by atoms with Crippen LogP contribution in [0.15, 0.2) is 0 Å². The molecule has 0 aromatic rings. The smallest absolute Gasteiger partial charge is 0.125 e. The van der Waals surface area contributed by atoms with Crippen LogP contribution in [0.2, 0.25) is 0 Å². The average molecular weight is 166 g/mol. The van der Waals surface area contributed by atoms with Gasteiger partial charge >= 0.3 is 0 Å². The standard InChI is InChI=1S/C11H18O/c1-11(2,7-12)10-6-8-3-4-9(10)5-8/h7-10H,3-6H2,1-2H3. The summed E-state index contributed by atoms with van der Waals surface area (Å²) in [6.45, 7) is 4.21. The van der Waals surface area contributed by atoms with Crippen molar-refractivity contribution in [2.45, 2.75) is 39.5 Å². The third-order valence-corrected chi connectivity index (χ3v) is 4.00. The van der Waals surface area contributed by atoms with E-state index in [1.54, 1.807) is 0 Å². The molecule has 2 aliphatic carbocycles. The second-order valence-corrected chi connectivity index (χ2v) is 5.22. The summed E-state index contributed by atoms with van der Waals surface area (Å²) in [7, 11) is 0. The molecule has 3 atom stereocenters. The summed E-state index contributed by atoms with van der Waals surface area (Å²) in [6.07, 6.45) is 6.69. The average Bonchev–Trinajstić information content (AvgIpc) is 2.64. The largest absolute Gasteiger partial charge is 0.303 e. The lowest BCUT2D eigenvalue weighted by Gasteiger charge is -2.32. The van der Waals surface area contributed by atoms with Crippen molar-refractivity contribution < 1.29 is 4.79 Å². The number of hydrogen-bond acceptors (Lipinski definition) is 1. The van der Waals surface area contributed by atoms with Gasteiger partial charge in [0.15, 0.2) is 0 Å². The van der Waals surface area contributed by atoms with Crippen LogP contribution in [-0.4, -0.2) is 6.29 Å². The molecule has 1 heteroatoms. The second-order valence-electron chi connectivity index (χ2n) is 5.22. The first-order chi connectivity index (χ1) is 5.63. The highest BCUT2D eigenvalue weighted by atomic mass is 16.1. The summed E-state index contributed by atoms with van der Waals surface area (Å²) >= 11 is 0. The lowest BCUT2D eigenvalue weighted by molar-refractivity contribution is -0.118. The third-order valence-electron chi connectivity index (χ3n) is 4.00. The normalized spacial score (nSPS) is 40.3. The summed E-state index contributed by atoms with van der Waals surface area (Å²) < 4.78 is 0. The molecule has 1 nitrogen and oxygen atoms in total. The molecule has 12 heavy (non-hydrogen) atoms. The molecule has 2 bridgehead atoms. The maximum absolute atomic E-state index is 10.9. The maximum atomic E-state index is 10.9. The molecule has 0 saturated heterocycles. The zero-order chi connectivity index (χ0) is 8.77. The number of hydrogen-bond donors (Lipinski definition) is 0. The highest BCUT2D eigenvalue weighted by Gasteiger charge is 2.46. The highest BCUT2D eigenvalue weighted by molar-refractivity contribution is 5.58. The second kappa shape index (κ2) is 2.58. The molecular formula is C11H18O. The molecule has 2 fully saturated rings. The molecule has 2 aliphatic rings. The van der Waals surface area contributed by atoms with E-state index in [0.717, 1.165) is 11.8 Å². The van der Waals surface area contributed by atoms with Crippen LogP contribution >= 0.6 is 0 Å². The Kier molecular flexibility index (Phi) is 1.78. The molecule has 2 rings (SSSR count). The van der Waals surface area contributed by atoms with E-state index >= 15 is 0 Å². The molecule has 0 radical (unpaired) electrons. The maximum Gasteiger partial charge on any atom is 0.125 e. The minimum atomic E-state index is -0.0557. The predicted molar refractivity (Wildman–Crippen MR) is 48.8 cm³/mol. The molecule has 0 aliphatic heterocycles. The van der Waals surface area contributed by atoms with E-state index in [0.29, 0.717) is 5.92 Å². The van der Waals surface area contributed by atoms with E-state index in [-0.39, 0.29) is 5.41 Å². The fourth-order valence-corrected chi connectivity index (χ4v) is 3.24. The minimum absolute atomic E-state index is 0.0557. The van der Waals surface area contributed by atoms with Gasteiger partial charge in [-0.05, 0) is 37.0 Å². The Morgan fingerprint density at radius 1 is 1.25 bits per heavy atom. The minimum Gasteiger partial charge on any atom is -0.303 e. The van der Waals surface area contributed by atoms with Crippen molar-refractivity contribution in [2.75, 3.05) is 0 Å². The summed E-state index contributed by atoms with van der Waals surface area (Å²) in [6, 6.07) is 0. The predicted octanol–water partition coefficient (Wildman–Crippen LogP) is 2.65. The van der Waals surface area contributed by atoms with Gasteiger partial charge in [-0.3, -0.25) is 0 Å². The molecule has 2 saturated carbocycles. The van der Waals surface area contributed by atoms with Gasteiger partial charge in [-0.2, -0.15) is 0 Å². The zero-order valence-electron chi connectivity index (χ0n) is 8.05. The van der Waals surface area contributed by atoms with Crippen LogP contribution in [-0.2, 0) is 4.79 Å². The van der Waals surface area contributed by atoms with Gasteiger partial charge in [0, 0.05) is 5.41 Å². The van der Waals surface area contributed by atoms with Crippen LogP contribution in [0.3, 0.4) is 0 Å². The molecule has 0 amide bonds. The van der Waals surface area contributed by atoms with Gasteiger partial charge in [-0.1, -0.05) is 20.3 Å². The van der Waals surface area contributed by atoms with Crippen LogP contribution in [0.1, 0.15) is 39.5 Å².